The van der Waals surface area contributed by atoms with E-state index in [1.165, 1.54) is 31.0 Å². The van der Waals surface area contributed by atoms with Crippen molar-refractivity contribution in [3.63, 3.8) is 0 Å². The van der Waals surface area contributed by atoms with Crippen LogP contribution in [0.5, 0.6) is 0 Å². The van der Waals surface area contributed by atoms with E-state index in [1.54, 1.807) is 21.6 Å². The molecule has 0 bridgehead atoms. The Bertz CT molecular complexity index is 1140. The van der Waals surface area contributed by atoms with Crippen LogP contribution in [0, 0.1) is 6.92 Å². The van der Waals surface area contributed by atoms with E-state index < -0.39 is 0 Å². The summed E-state index contributed by atoms with van der Waals surface area (Å²) >= 11 is 6.77. The number of thiocarbonyl (C=S) groups is 1. The summed E-state index contributed by atoms with van der Waals surface area (Å²) in [6, 6.07) is 3.79. The van der Waals surface area contributed by atoms with Crippen molar-refractivity contribution in [2.45, 2.75) is 46.0 Å². The van der Waals surface area contributed by atoms with Crippen LogP contribution in [0.3, 0.4) is 0 Å². The number of anilines is 1. The zero-order chi connectivity index (χ0) is 23.4. The summed E-state index contributed by atoms with van der Waals surface area (Å²) in [7, 11) is 0. The quantitative estimate of drug-likeness (QED) is 0.317. The van der Waals surface area contributed by atoms with Crippen molar-refractivity contribution in [3.05, 3.63) is 44.7 Å². The largest absolute Gasteiger partial charge is 0.378 e. The average Bonchev–Trinajstić information content (AvgIpc) is 3.08. The van der Waals surface area contributed by atoms with Crippen molar-refractivity contribution in [2.75, 3.05) is 37.7 Å². The van der Waals surface area contributed by atoms with E-state index in [0.717, 1.165) is 18.4 Å². The van der Waals surface area contributed by atoms with Gasteiger partial charge in [-0.25, -0.2) is 4.98 Å². The maximum atomic E-state index is 13.5. The van der Waals surface area contributed by atoms with Gasteiger partial charge in [0.25, 0.3) is 11.5 Å². The molecule has 2 aromatic rings. The molecule has 2 aliphatic rings. The minimum Gasteiger partial charge on any atom is -0.378 e. The number of aryl methyl sites for hydroxylation is 1. The van der Waals surface area contributed by atoms with E-state index in [1.807, 2.05) is 19.1 Å². The first-order valence-electron chi connectivity index (χ1n) is 11.6. The molecule has 1 amide bonds. The van der Waals surface area contributed by atoms with Crippen molar-refractivity contribution < 1.29 is 9.53 Å². The SMILES string of the molecule is CCCCCCCN1C(=O)/C(=C/c2c(N3CCOCC3)nc3ccc(C)cn3c2=O)SC1=S. The summed E-state index contributed by atoms with van der Waals surface area (Å²) in [4.78, 5) is 35.7. The van der Waals surface area contributed by atoms with Gasteiger partial charge in [-0.05, 0) is 31.1 Å². The molecule has 176 valence electrons. The van der Waals surface area contributed by atoms with Crippen molar-refractivity contribution in [3.8, 4) is 0 Å². The van der Waals surface area contributed by atoms with Gasteiger partial charge in [-0.3, -0.25) is 18.9 Å². The number of rotatable bonds is 8. The molecule has 0 saturated carbocycles. The molecule has 0 atom stereocenters. The van der Waals surface area contributed by atoms with E-state index >= 15 is 0 Å². The number of aromatic nitrogens is 2. The number of ether oxygens (including phenoxy) is 1. The van der Waals surface area contributed by atoms with Gasteiger partial charge >= 0.3 is 0 Å². The van der Waals surface area contributed by atoms with Crippen LogP contribution in [0.2, 0.25) is 0 Å². The number of hydrogen-bond acceptors (Lipinski definition) is 7. The monoisotopic (exact) mass is 486 g/mol. The van der Waals surface area contributed by atoms with Gasteiger partial charge in [-0.1, -0.05) is 62.7 Å². The predicted octanol–water partition coefficient (Wildman–Crippen LogP) is 4.01. The van der Waals surface area contributed by atoms with Gasteiger partial charge < -0.3 is 9.64 Å². The highest BCUT2D eigenvalue weighted by atomic mass is 32.2. The lowest BCUT2D eigenvalue weighted by molar-refractivity contribution is -0.122. The van der Waals surface area contributed by atoms with Gasteiger partial charge in [0.2, 0.25) is 0 Å². The summed E-state index contributed by atoms with van der Waals surface area (Å²) in [5.74, 6) is 0.471. The Balaban J connectivity index is 1.68. The lowest BCUT2D eigenvalue weighted by Crippen LogP contribution is -2.38. The average molecular weight is 487 g/mol. The number of pyridine rings is 1. The van der Waals surface area contributed by atoms with Crippen LogP contribution in [0.25, 0.3) is 11.7 Å². The molecule has 2 fully saturated rings. The highest BCUT2D eigenvalue weighted by Crippen LogP contribution is 2.34. The summed E-state index contributed by atoms with van der Waals surface area (Å²) in [6.45, 7) is 7.19. The fourth-order valence-electron chi connectivity index (χ4n) is 4.09. The summed E-state index contributed by atoms with van der Waals surface area (Å²) in [5, 5.41) is 0. The van der Waals surface area contributed by atoms with E-state index in [0.29, 0.717) is 59.1 Å². The molecule has 0 unspecified atom stereocenters. The van der Waals surface area contributed by atoms with Gasteiger partial charge in [-0.2, -0.15) is 0 Å². The maximum absolute atomic E-state index is 13.5. The van der Waals surface area contributed by atoms with Crippen LogP contribution in [0.15, 0.2) is 28.0 Å². The first kappa shape index (κ1) is 23.9. The molecule has 4 rings (SSSR count). The molecule has 0 N–H and O–H groups in total. The lowest BCUT2D eigenvalue weighted by atomic mass is 10.1. The van der Waals surface area contributed by atoms with Gasteiger partial charge in [-0.15, -0.1) is 0 Å². The lowest BCUT2D eigenvalue weighted by Gasteiger charge is -2.29. The normalized spacial score (nSPS) is 18.2. The Morgan fingerprint density at radius 1 is 1.15 bits per heavy atom. The van der Waals surface area contributed by atoms with Crippen molar-refractivity contribution in [1.29, 1.82) is 0 Å². The third-order valence-corrected chi connectivity index (χ3v) is 7.31. The second kappa shape index (κ2) is 10.8. The summed E-state index contributed by atoms with van der Waals surface area (Å²) < 4.78 is 7.60. The van der Waals surface area contributed by atoms with Crippen molar-refractivity contribution >= 4 is 51.7 Å². The summed E-state index contributed by atoms with van der Waals surface area (Å²) in [6.07, 6.45) is 9.05. The summed E-state index contributed by atoms with van der Waals surface area (Å²) in [5.41, 5.74) is 1.79. The molecular formula is C24H30N4O3S2. The van der Waals surface area contributed by atoms with Crippen LogP contribution < -0.4 is 10.5 Å². The smallest absolute Gasteiger partial charge is 0.267 e. The van der Waals surface area contributed by atoms with Crippen molar-refractivity contribution in [2.24, 2.45) is 0 Å². The molecule has 2 aliphatic heterocycles. The predicted molar refractivity (Wildman–Crippen MR) is 138 cm³/mol. The first-order valence-corrected chi connectivity index (χ1v) is 12.8. The zero-order valence-corrected chi connectivity index (χ0v) is 20.8. The number of carbonyl (C=O) groups is 1. The highest BCUT2D eigenvalue weighted by molar-refractivity contribution is 8.26. The Morgan fingerprint density at radius 2 is 1.91 bits per heavy atom. The number of unbranched alkanes of at least 4 members (excludes halogenated alkanes) is 4. The van der Waals surface area contributed by atoms with Crippen LogP contribution in [0.4, 0.5) is 5.82 Å². The van der Waals surface area contributed by atoms with Gasteiger partial charge in [0.1, 0.15) is 15.8 Å². The number of hydrogen-bond donors (Lipinski definition) is 0. The van der Waals surface area contributed by atoms with Gasteiger partial charge in [0.05, 0.1) is 23.7 Å². The molecule has 2 aromatic heterocycles. The van der Waals surface area contributed by atoms with E-state index in [9.17, 15) is 9.59 Å². The van der Waals surface area contributed by atoms with E-state index in [2.05, 4.69) is 11.8 Å². The molecule has 2 saturated heterocycles. The minimum absolute atomic E-state index is 0.123. The maximum Gasteiger partial charge on any atom is 0.267 e. The number of thioether (sulfide) groups is 1. The number of fused-ring (bicyclic) bond motifs is 1. The van der Waals surface area contributed by atoms with Gasteiger partial charge in [0.15, 0.2) is 0 Å². The standard InChI is InChI=1S/C24H30N4O3S2/c1-3-4-5-6-7-10-27-23(30)19(33-24(27)32)15-18-21(26-11-13-31-14-12-26)25-20-9-8-17(2)16-28(20)22(18)29/h8-9,15-16H,3-7,10-14H2,1-2H3/b19-15-. The number of nitrogens with zero attached hydrogens (tertiary/aromatic N) is 4. The topological polar surface area (TPSA) is 67.2 Å². The Kier molecular flexibility index (Phi) is 7.82. The molecule has 0 spiro atoms. The highest BCUT2D eigenvalue weighted by Gasteiger charge is 2.32. The second-order valence-electron chi connectivity index (χ2n) is 8.44. The Labute approximate surface area is 203 Å². The Morgan fingerprint density at radius 3 is 2.67 bits per heavy atom. The molecule has 33 heavy (non-hydrogen) atoms. The molecule has 0 aliphatic carbocycles. The number of morpholine rings is 1. The van der Waals surface area contributed by atoms with Gasteiger partial charge in [0, 0.05) is 25.8 Å². The fraction of sp³-hybridized carbons (Fsp3) is 0.500. The third-order valence-electron chi connectivity index (χ3n) is 5.93. The third kappa shape index (κ3) is 5.31. The Hall–Kier alpha value is -2.23. The van der Waals surface area contributed by atoms with Crippen molar-refractivity contribution in [1.82, 2.24) is 14.3 Å². The first-order chi connectivity index (χ1) is 16.0. The van der Waals surface area contributed by atoms with Crippen LogP contribution in [-0.2, 0) is 9.53 Å². The second-order valence-corrected chi connectivity index (χ2v) is 10.1. The van der Waals surface area contributed by atoms with Crippen LogP contribution in [0.1, 0.15) is 50.2 Å². The molecule has 4 heterocycles. The van der Waals surface area contributed by atoms with E-state index in [-0.39, 0.29) is 11.5 Å². The molecule has 9 heteroatoms. The number of amides is 1. The van der Waals surface area contributed by atoms with Crippen LogP contribution in [-0.4, -0.2) is 57.4 Å². The number of carbonyl (C=O) groups excluding carboxylic acids is 1. The fourth-order valence-corrected chi connectivity index (χ4v) is 5.38. The minimum atomic E-state index is -0.185. The molecular weight excluding hydrogens is 456 g/mol. The zero-order valence-electron chi connectivity index (χ0n) is 19.2. The molecule has 0 radical (unpaired) electrons. The van der Waals surface area contributed by atoms with Crippen LogP contribution >= 0.6 is 24.0 Å². The van der Waals surface area contributed by atoms with E-state index in [4.69, 9.17) is 21.9 Å². The molecule has 0 aromatic carbocycles. The molecule has 7 nitrogen and oxygen atoms in total.